The number of fused-ring (bicyclic) bond motifs is 3. The zero-order chi connectivity index (χ0) is 24.7. The van der Waals surface area contributed by atoms with Crippen LogP contribution in [0.3, 0.4) is 0 Å². The van der Waals surface area contributed by atoms with Crippen LogP contribution in [0.1, 0.15) is 47.3 Å². The summed E-state index contributed by atoms with van der Waals surface area (Å²) in [7, 11) is 1.61. The molecule has 3 aromatic rings. The van der Waals surface area contributed by atoms with E-state index >= 15 is 0 Å². The Labute approximate surface area is 202 Å². The topological polar surface area (TPSA) is 123 Å². The van der Waals surface area contributed by atoms with Crippen LogP contribution in [0.4, 0.5) is 10.5 Å². The molecule has 5 rings (SSSR count). The third-order valence-corrected chi connectivity index (χ3v) is 6.84. The number of benzene rings is 2. The lowest BCUT2D eigenvalue weighted by Crippen LogP contribution is -2.54. The Morgan fingerprint density at radius 3 is 2.26 bits per heavy atom. The van der Waals surface area contributed by atoms with E-state index in [2.05, 4.69) is 27.9 Å². The fraction of sp³-hybridized carbons (Fsp3) is 0.308. The number of hydrogen-bond acceptors (Lipinski definition) is 5. The molecule has 180 valence electrons. The maximum Gasteiger partial charge on any atom is 0.411 e. The first-order valence-electron chi connectivity index (χ1n) is 11.5. The number of carboxylic acids is 1. The molecule has 3 N–H and O–H groups in total. The van der Waals surface area contributed by atoms with Gasteiger partial charge in [-0.15, -0.1) is 0 Å². The van der Waals surface area contributed by atoms with Gasteiger partial charge in [0.15, 0.2) is 5.69 Å². The van der Waals surface area contributed by atoms with Gasteiger partial charge in [-0.1, -0.05) is 48.5 Å². The number of carbonyl (C=O) groups excluding carboxylic acids is 2. The molecule has 1 atom stereocenters. The highest BCUT2D eigenvalue weighted by Gasteiger charge is 2.49. The summed E-state index contributed by atoms with van der Waals surface area (Å²) in [5.74, 6) is -2.00. The number of aryl methyl sites for hydroxylation is 1. The van der Waals surface area contributed by atoms with E-state index in [1.54, 1.807) is 7.05 Å². The van der Waals surface area contributed by atoms with Crippen LogP contribution in [0.15, 0.2) is 54.7 Å². The van der Waals surface area contributed by atoms with Crippen LogP contribution in [0.2, 0.25) is 0 Å². The molecule has 1 aromatic heterocycles. The second-order valence-electron chi connectivity index (χ2n) is 9.25. The number of aliphatic carboxylic acids is 1. The van der Waals surface area contributed by atoms with Gasteiger partial charge in [0.25, 0.3) is 5.91 Å². The van der Waals surface area contributed by atoms with Crippen molar-refractivity contribution in [1.82, 2.24) is 15.1 Å². The van der Waals surface area contributed by atoms with E-state index in [1.807, 2.05) is 36.4 Å². The number of aromatic nitrogens is 2. The highest BCUT2D eigenvalue weighted by molar-refractivity contribution is 6.03. The van der Waals surface area contributed by atoms with Crippen LogP contribution in [-0.4, -0.2) is 45.0 Å². The molecule has 1 saturated carbocycles. The summed E-state index contributed by atoms with van der Waals surface area (Å²) >= 11 is 0. The van der Waals surface area contributed by atoms with Crippen molar-refractivity contribution < 1.29 is 24.2 Å². The summed E-state index contributed by atoms with van der Waals surface area (Å²) in [5.41, 5.74) is 3.11. The SMILES string of the molecule is Cn1cc(NC(=O)OCC2c3ccccc3-c3ccccc32)c(C(=O)NC(C)(C(=O)O)C2CC2)n1. The predicted molar refractivity (Wildman–Crippen MR) is 128 cm³/mol. The zero-order valence-electron chi connectivity index (χ0n) is 19.4. The number of carboxylic acid groups (broad SMARTS) is 1. The maximum absolute atomic E-state index is 12.9. The van der Waals surface area contributed by atoms with Crippen molar-refractivity contribution in [2.75, 3.05) is 11.9 Å². The van der Waals surface area contributed by atoms with Crippen LogP contribution in [0.5, 0.6) is 0 Å². The first-order chi connectivity index (χ1) is 16.8. The van der Waals surface area contributed by atoms with Crippen molar-refractivity contribution >= 4 is 23.7 Å². The molecule has 2 amide bonds. The van der Waals surface area contributed by atoms with Crippen molar-refractivity contribution in [2.45, 2.75) is 31.2 Å². The largest absolute Gasteiger partial charge is 0.480 e. The first-order valence-corrected chi connectivity index (χ1v) is 11.5. The molecule has 0 radical (unpaired) electrons. The van der Waals surface area contributed by atoms with Gasteiger partial charge in [-0.2, -0.15) is 5.10 Å². The van der Waals surface area contributed by atoms with Gasteiger partial charge in [-0.05, 0) is 47.9 Å². The van der Waals surface area contributed by atoms with Gasteiger partial charge in [0.2, 0.25) is 0 Å². The lowest BCUT2D eigenvalue weighted by molar-refractivity contribution is -0.144. The zero-order valence-corrected chi connectivity index (χ0v) is 19.4. The molecular weight excluding hydrogens is 448 g/mol. The maximum atomic E-state index is 12.9. The molecule has 0 spiro atoms. The number of hydrogen-bond donors (Lipinski definition) is 3. The average Bonchev–Trinajstić information content (AvgIpc) is 3.56. The summed E-state index contributed by atoms with van der Waals surface area (Å²) in [6.45, 7) is 1.62. The first kappa shape index (κ1) is 22.6. The molecule has 2 aromatic carbocycles. The van der Waals surface area contributed by atoms with Crippen molar-refractivity contribution in [2.24, 2.45) is 13.0 Å². The molecule has 0 bridgehead atoms. The van der Waals surface area contributed by atoms with Gasteiger partial charge in [0.05, 0.1) is 5.69 Å². The van der Waals surface area contributed by atoms with Gasteiger partial charge in [-0.25, -0.2) is 9.59 Å². The van der Waals surface area contributed by atoms with Crippen LogP contribution < -0.4 is 10.6 Å². The second-order valence-corrected chi connectivity index (χ2v) is 9.25. The van der Waals surface area contributed by atoms with Crippen LogP contribution in [0, 0.1) is 5.92 Å². The summed E-state index contributed by atoms with van der Waals surface area (Å²) in [5, 5.41) is 18.9. The minimum Gasteiger partial charge on any atom is -0.480 e. The van der Waals surface area contributed by atoms with Crippen LogP contribution in [-0.2, 0) is 16.6 Å². The van der Waals surface area contributed by atoms with Crippen molar-refractivity contribution in [3.63, 3.8) is 0 Å². The van der Waals surface area contributed by atoms with Gasteiger partial charge in [-0.3, -0.25) is 14.8 Å². The van der Waals surface area contributed by atoms with E-state index < -0.39 is 23.5 Å². The molecule has 1 heterocycles. The van der Waals surface area contributed by atoms with Crippen molar-refractivity contribution in [1.29, 1.82) is 0 Å². The van der Waals surface area contributed by atoms with Gasteiger partial charge in [0.1, 0.15) is 12.1 Å². The Kier molecular flexibility index (Phi) is 5.55. The van der Waals surface area contributed by atoms with Crippen molar-refractivity contribution in [3.8, 4) is 11.1 Å². The van der Waals surface area contributed by atoms with Gasteiger partial charge < -0.3 is 15.2 Å². The normalized spacial score (nSPS) is 16.1. The van der Waals surface area contributed by atoms with E-state index in [-0.39, 0.29) is 29.8 Å². The monoisotopic (exact) mass is 474 g/mol. The lowest BCUT2D eigenvalue weighted by atomic mass is 9.95. The Balaban J connectivity index is 1.29. The Morgan fingerprint density at radius 2 is 1.69 bits per heavy atom. The molecule has 35 heavy (non-hydrogen) atoms. The van der Waals surface area contributed by atoms with Gasteiger partial charge in [0, 0.05) is 19.2 Å². The van der Waals surface area contributed by atoms with Crippen molar-refractivity contribution in [3.05, 3.63) is 71.5 Å². The van der Waals surface area contributed by atoms with E-state index in [0.29, 0.717) is 0 Å². The number of carbonyl (C=O) groups is 3. The highest BCUT2D eigenvalue weighted by atomic mass is 16.5. The third kappa shape index (κ3) is 4.14. The Morgan fingerprint density at radius 1 is 1.09 bits per heavy atom. The summed E-state index contributed by atoms with van der Waals surface area (Å²) in [6, 6.07) is 16.1. The Bertz CT molecular complexity index is 1280. The quantitative estimate of drug-likeness (QED) is 0.479. The molecule has 1 fully saturated rings. The lowest BCUT2D eigenvalue weighted by Gasteiger charge is -2.25. The minimum atomic E-state index is -1.39. The average molecular weight is 475 g/mol. The molecule has 0 saturated heterocycles. The molecular formula is C26H26N4O5. The van der Waals surface area contributed by atoms with Gasteiger partial charge >= 0.3 is 12.1 Å². The smallest absolute Gasteiger partial charge is 0.411 e. The predicted octanol–water partition coefficient (Wildman–Crippen LogP) is 3.76. The molecule has 2 aliphatic carbocycles. The van der Waals surface area contributed by atoms with E-state index in [1.165, 1.54) is 17.8 Å². The van der Waals surface area contributed by atoms with E-state index in [4.69, 9.17) is 4.74 Å². The number of anilines is 1. The number of rotatable bonds is 7. The van der Waals surface area contributed by atoms with E-state index in [0.717, 1.165) is 35.1 Å². The fourth-order valence-electron chi connectivity index (χ4n) is 4.78. The number of nitrogens with zero attached hydrogens (tertiary/aromatic N) is 2. The number of amides is 2. The summed E-state index contributed by atoms with van der Waals surface area (Å²) < 4.78 is 6.94. The van der Waals surface area contributed by atoms with Crippen LogP contribution in [0.25, 0.3) is 11.1 Å². The summed E-state index contributed by atoms with van der Waals surface area (Å²) in [4.78, 5) is 37.4. The summed E-state index contributed by atoms with van der Waals surface area (Å²) in [6.07, 6.45) is 2.22. The van der Waals surface area contributed by atoms with Crippen LogP contribution >= 0.6 is 0 Å². The highest BCUT2D eigenvalue weighted by Crippen LogP contribution is 2.44. The van der Waals surface area contributed by atoms with E-state index in [9.17, 15) is 19.5 Å². The minimum absolute atomic E-state index is 0.0749. The molecule has 9 heteroatoms. The molecule has 0 aliphatic heterocycles. The molecule has 9 nitrogen and oxygen atoms in total. The molecule has 1 unspecified atom stereocenters. The number of nitrogens with one attached hydrogen (secondary N) is 2. The third-order valence-electron chi connectivity index (χ3n) is 6.84. The second kappa shape index (κ2) is 8.57. The Hall–Kier alpha value is -4.14. The standard InChI is InChI=1S/C26H26N4O5/c1-26(24(32)33,15-11-12-15)28-23(31)22-21(13-30(2)29-22)27-25(34)35-14-20-18-9-5-3-7-16(18)17-8-4-6-10-19(17)20/h3-10,13,15,20H,11-12,14H2,1-2H3,(H,27,34)(H,28,31)(H,32,33). The number of ether oxygens (including phenoxy) is 1. The fourth-order valence-corrected chi connectivity index (χ4v) is 4.78. The molecule has 2 aliphatic rings.